The minimum Gasteiger partial charge on any atom is -0.454 e. The summed E-state index contributed by atoms with van der Waals surface area (Å²) in [5.41, 5.74) is 4.36. The van der Waals surface area contributed by atoms with Crippen LogP contribution in [0.2, 0.25) is 0 Å². The number of ether oxygens (including phenoxy) is 3. The number of anilines is 2. The molecule has 1 fully saturated rings. The van der Waals surface area contributed by atoms with Gasteiger partial charge in [-0.15, -0.1) is 0 Å². The maximum atomic E-state index is 6.12. The first-order valence-corrected chi connectivity index (χ1v) is 12.7. The summed E-state index contributed by atoms with van der Waals surface area (Å²) >= 11 is 0. The van der Waals surface area contributed by atoms with Crippen LogP contribution in [-0.4, -0.2) is 54.6 Å². The molecule has 198 valence electrons. The monoisotopic (exact) mass is 516 g/mol. The van der Waals surface area contributed by atoms with Crippen molar-refractivity contribution < 1.29 is 14.2 Å². The van der Waals surface area contributed by atoms with Gasteiger partial charge in [-0.1, -0.05) is 20.8 Å². The molecule has 1 saturated heterocycles. The van der Waals surface area contributed by atoms with E-state index in [4.69, 9.17) is 24.3 Å². The third-order valence-corrected chi connectivity index (χ3v) is 6.84. The Bertz CT molecular complexity index is 1600. The number of imidazole rings is 1. The van der Waals surface area contributed by atoms with Crippen LogP contribution in [0.25, 0.3) is 22.2 Å². The Balaban J connectivity index is 1.27. The van der Waals surface area contributed by atoms with Crippen molar-refractivity contribution in [3.05, 3.63) is 48.0 Å². The van der Waals surface area contributed by atoms with Crippen molar-refractivity contribution in [3.8, 4) is 11.5 Å². The Morgan fingerprint density at radius 1 is 1.16 bits per heavy atom. The second-order valence-corrected chi connectivity index (χ2v) is 10.7. The summed E-state index contributed by atoms with van der Waals surface area (Å²) in [5, 5.41) is 9.25. The molecule has 0 aliphatic carbocycles. The average Bonchev–Trinajstić information content (AvgIpc) is 3.67. The second kappa shape index (κ2) is 9.41. The summed E-state index contributed by atoms with van der Waals surface area (Å²) in [6.07, 6.45) is 6.22. The van der Waals surface area contributed by atoms with Crippen LogP contribution in [0, 0.1) is 0 Å². The molecule has 0 saturated carbocycles. The lowest BCUT2D eigenvalue weighted by Crippen LogP contribution is -2.22. The molecule has 0 spiro atoms. The summed E-state index contributed by atoms with van der Waals surface area (Å²) < 4.78 is 21.1. The van der Waals surface area contributed by atoms with Gasteiger partial charge in [0.1, 0.15) is 17.1 Å². The minimum absolute atomic E-state index is 0.0573. The van der Waals surface area contributed by atoms with E-state index in [1.807, 2.05) is 29.9 Å². The number of hydrogen-bond acceptors (Lipinski definition) is 8. The lowest BCUT2D eigenvalue weighted by Gasteiger charge is -2.22. The number of aromatic amines is 1. The van der Waals surface area contributed by atoms with Crippen LogP contribution in [0.4, 0.5) is 11.8 Å². The standard InChI is InChI=1S/C27H32N8O3/c1-27(2,3)22-10-23(33-35(22)17-6-7-37-15-17)31-26-32-25-21(34(26)4)9-19(13-30-25)38-18-8-20-16(14-36-5)11-28-24(20)29-12-18/h8-13,17H,6-7,14-15H2,1-5H3,(H,28,29)(H,30,31,32,33)/t17-/m0/s1. The van der Waals surface area contributed by atoms with Gasteiger partial charge >= 0.3 is 0 Å². The van der Waals surface area contributed by atoms with Crippen molar-refractivity contribution >= 4 is 34.0 Å². The fourth-order valence-electron chi connectivity index (χ4n) is 4.85. The van der Waals surface area contributed by atoms with Gasteiger partial charge in [-0.3, -0.25) is 4.68 Å². The number of nitrogens with zero attached hydrogens (tertiary/aromatic N) is 6. The van der Waals surface area contributed by atoms with Gasteiger partial charge in [0.2, 0.25) is 5.95 Å². The van der Waals surface area contributed by atoms with Crippen LogP contribution in [0.3, 0.4) is 0 Å². The molecule has 6 rings (SSSR count). The third kappa shape index (κ3) is 4.48. The van der Waals surface area contributed by atoms with Crippen LogP contribution in [-0.2, 0) is 28.5 Å². The van der Waals surface area contributed by atoms with E-state index in [9.17, 15) is 0 Å². The first-order valence-electron chi connectivity index (χ1n) is 12.7. The molecule has 11 heteroatoms. The third-order valence-electron chi connectivity index (χ3n) is 6.84. The maximum Gasteiger partial charge on any atom is 0.210 e. The highest BCUT2D eigenvalue weighted by Gasteiger charge is 2.28. The number of aromatic nitrogens is 7. The molecular weight excluding hydrogens is 484 g/mol. The van der Waals surface area contributed by atoms with E-state index in [2.05, 4.69) is 51.8 Å². The molecule has 5 aromatic rings. The molecule has 2 N–H and O–H groups in total. The molecule has 1 aliphatic heterocycles. The number of nitrogens with one attached hydrogen (secondary N) is 2. The second-order valence-electron chi connectivity index (χ2n) is 10.7. The smallest absolute Gasteiger partial charge is 0.210 e. The van der Waals surface area contributed by atoms with Gasteiger partial charge in [-0.05, 0) is 12.5 Å². The quantitative estimate of drug-likeness (QED) is 0.311. The average molecular weight is 517 g/mol. The van der Waals surface area contributed by atoms with Crippen molar-refractivity contribution in [1.82, 2.24) is 34.3 Å². The van der Waals surface area contributed by atoms with E-state index in [-0.39, 0.29) is 11.5 Å². The summed E-state index contributed by atoms with van der Waals surface area (Å²) in [7, 11) is 3.62. The fraction of sp³-hybridized carbons (Fsp3) is 0.407. The molecule has 0 bridgehead atoms. The van der Waals surface area contributed by atoms with Crippen LogP contribution in [0.1, 0.15) is 44.5 Å². The van der Waals surface area contributed by atoms with Crippen molar-refractivity contribution in [3.63, 3.8) is 0 Å². The Hall–Kier alpha value is -3.96. The van der Waals surface area contributed by atoms with Gasteiger partial charge in [0.15, 0.2) is 11.5 Å². The topological polar surface area (TPSA) is 117 Å². The SMILES string of the molecule is COCc1c[nH]c2ncc(Oc3cnc4nc(Nc5cc(C(C)(C)C)n([C@H]6CCOC6)n5)n(C)c4c3)cc12. The van der Waals surface area contributed by atoms with Gasteiger partial charge in [-0.2, -0.15) is 10.1 Å². The molecule has 1 aliphatic rings. The van der Waals surface area contributed by atoms with Gasteiger partial charge in [0, 0.05) is 61.2 Å². The molecule has 0 amide bonds. The van der Waals surface area contributed by atoms with Crippen LogP contribution in [0.5, 0.6) is 11.5 Å². The predicted octanol–water partition coefficient (Wildman–Crippen LogP) is 4.98. The predicted molar refractivity (Wildman–Crippen MR) is 144 cm³/mol. The number of methoxy groups -OCH3 is 1. The lowest BCUT2D eigenvalue weighted by atomic mass is 9.91. The van der Waals surface area contributed by atoms with Crippen LogP contribution >= 0.6 is 0 Å². The number of fused-ring (bicyclic) bond motifs is 2. The van der Waals surface area contributed by atoms with E-state index >= 15 is 0 Å². The molecule has 5 aromatic heterocycles. The van der Waals surface area contributed by atoms with E-state index in [0.29, 0.717) is 36.3 Å². The highest BCUT2D eigenvalue weighted by molar-refractivity contribution is 5.81. The van der Waals surface area contributed by atoms with Crippen molar-refractivity contribution in [2.75, 3.05) is 25.6 Å². The Morgan fingerprint density at radius 2 is 1.97 bits per heavy atom. The zero-order valence-corrected chi connectivity index (χ0v) is 22.3. The zero-order chi connectivity index (χ0) is 26.4. The van der Waals surface area contributed by atoms with Crippen molar-refractivity contribution in [1.29, 1.82) is 0 Å². The van der Waals surface area contributed by atoms with Gasteiger partial charge in [-0.25, -0.2) is 9.97 Å². The summed E-state index contributed by atoms with van der Waals surface area (Å²) in [6, 6.07) is 6.22. The summed E-state index contributed by atoms with van der Waals surface area (Å²) in [6.45, 7) is 8.53. The molecule has 1 atom stereocenters. The lowest BCUT2D eigenvalue weighted by molar-refractivity contribution is 0.183. The van der Waals surface area contributed by atoms with Crippen molar-refractivity contribution in [2.45, 2.75) is 45.3 Å². The first-order chi connectivity index (χ1) is 18.3. The minimum atomic E-state index is -0.0573. The van der Waals surface area contributed by atoms with Gasteiger partial charge in [0.25, 0.3) is 0 Å². The Morgan fingerprint density at radius 3 is 2.74 bits per heavy atom. The van der Waals surface area contributed by atoms with Gasteiger partial charge in [0.05, 0.1) is 37.2 Å². The van der Waals surface area contributed by atoms with E-state index in [1.54, 1.807) is 19.5 Å². The molecule has 0 radical (unpaired) electrons. The summed E-state index contributed by atoms with van der Waals surface area (Å²) in [4.78, 5) is 16.9. The number of H-pyrrole nitrogens is 1. The van der Waals surface area contributed by atoms with E-state index in [0.717, 1.165) is 46.7 Å². The molecule has 11 nitrogen and oxygen atoms in total. The van der Waals surface area contributed by atoms with Crippen LogP contribution < -0.4 is 10.1 Å². The first kappa shape index (κ1) is 24.4. The van der Waals surface area contributed by atoms with E-state index in [1.165, 1.54) is 0 Å². The van der Waals surface area contributed by atoms with Crippen LogP contribution in [0.15, 0.2) is 36.8 Å². The molecule has 0 unspecified atom stereocenters. The Kier molecular flexibility index (Phi) is 6.04. The normalized spacial score (nSPS) is 16.1. The fourth-order valence-corrected chi connectivity index (χ4v) is 4.85. The largest absolute Gasteiger partial charge is 0.454 e. The number of rotatable bonds is 7. The maximum absolute atomic E-state index is 6.12. The Labute approximate surface area is 220 Å². The highest BCUT2D eigenvalue weighted by Crippen LogP contribution is 2.32. The summed E-state index contributed by atoms with van der Waals surface area (Å²) in [5.74, 6) is 2.61. The number of aryl methyl sites for hydroxylation is 1. The molecule has 6 heterocycles. The number of hydrogen-bond donors (Lipinski definition) is 2. The van der Waals surface area contributed by atoms with Crippen molar-refractivity contribution in [2.24, 2.45) is 7.05 Å². The van der Waals surface area contributed by atoms with E-state index < -0.39 is 0 Å². The molecular formula is C27H32N8O3. The number of pyridine rings is 2. The zero-order valence-electron chi connectivity index (χ0n) is 22.3. The van der Waals surface area contributed by atoms with Gasteiger partial charge < -0.3 is 29.1 Å². The molecule has 0 aromatic carbocycles. The molecule has 38 heavy (non-hydrogen) atoms. The highest BCUT2D eigenvalue weighted by atomic mass is 16.5.